The quantitative estimate of drug-likeness (QED) is 0.301. The Balaban J connectivity index is 1.91. The first-order chi connectivity index (χ1) is 17.4. The van der Waals surface area contributed by atoms with Crippen LogP contribution < -0.4 is 25.0 Å². The lowest BCUT2D eigenvalue weighted by atomic mass is 10.1. The van der Waals surface area contributed by atoms with E-state index in [-0.39, 0.29) is 18.3 Å². The van der Waals surface area contributed by atoms with Gasteiger partial charge in [0.2, 0.25) is 5.95 Å². The molecule has 0 saturated heterocycles. The lowest BCUT2D eigenvalue weighted by Crippen LogP contribution is -2.21. The fourth-order valence-corrected chi connectivity index (χ4v) is 3.90. The molecule has 1 aromatic heterocycles. The number of hydrogen-bond acceptors (Lipinski definition) is 7. The predicted molar refractivity (Wildman–Crippen MR) is 143 cm³/mol. The van der Waals surface area contributed by atoms with Crippen molar-refractivity contribution in [3.63, 3.8) is 0 Å². The van der Waals surface area contributed by atoms with Gasteiger partial charge in [-0.1, -0.05) is 18.7 Å². The molecule has 3 N–H and O–H groups in total. The number of hydrogen-bond donors (Lipinski definition) is 3. The number of rotatable bonds is 10. The largest absolute Gasteiger partial charge is 0.494 e. The summed E-state index contributed by atoms with van der Waals surface area (Å²) in [6.45, 7) is 7.50. The molecule has 37 heavy (non-hydrogen) atoms. The molecule has 0 aliphatic carbocycles. The van der Waals surface area contributed by atoms with Crippen LogP contribution in [0, 0.1) is 6.92 Å². The number of nitrogens with zero attached hydrogens (tertiary/aromatic N) is 3. The maximum absolute atomic E-state index is 13.7. The molecular formula is C25H29F3N6O2S. The topological polar surface area (TPSA) is 91.4 Å². The van der Waals surface area contributed by atoms with Crippen molar-refractivity contribution in [1.82, 2.24) is 9.97 Å². The van der Waals surface area contributed by atoms with Crippen LogP contribution in [-0.4, -0.2) is 34.6 Å². The van der Waals surface area contributed by atoms with Crippen molar-refractivity contribution in [2.45, 2.75) is 26.6 Å². The van der Waals surface area contributed by atoms with Crippen molar-refractivity contribution in [2.75, 3.05) is 40.7 Å². The van der Waals surface area contributed by atoms with Crippen molar-refractivity contribution >= 4 is 39.8 Å². The Morgan fingerprint density at radius 2 is 1.95 bits per heavy atom. The van der Waals surface area contributed by atoms with E-state index in [1.807, 2.05) is 19.1 Å². The van der Waals surface area contributed by atoms with Gasteiger partial charge in [-0.15, -0.1) is 0 Å². The second-order valence-corrected chi connectivity index (χ2v) is 9.70. The van der Waals surface area contributed by atoms with Gasteiger partial charge >= 0.3 is 6.18 Å². The number of aryl methyl sites for hydroxylation is 1. The van der Waals surface area contributed by atoms with Gasteiger partial charge in [0.15, 0.2) is 0 Å². The number of allylic oxidation sites excluding steroid dienone is 1. The van der Waals surface area contributed by atoms with Gasteiger partial charge in [-0.3, -0.25) is 4.31 Å². The van der Waals surface area contributed by atoms with E-state index in [1.165, 1.54) is 13.4 Å². The molecule has 3 aromatic rings. The molecule has 0 spiro atoms. The lowest BCUT2D eigenvalue weighted by Gasteiger charge is -2.21. The molecular weight excluding hydrogens is 505 g/mol. The molecule has 1 heterocycles. The number of anilines is 5. The average Bonchev–Trinajstić information content (AvgIpc) is 2.82. The third-order valence-corrected chi connectivity index (χ3v) is 6.28. The van der Waals surface area contributed by atoms with Crippen LogP contribution in [0.2, 0.25) is 0 Å². The van der Waals surface area contributed by atoms with Crippen molar-refractivity contribution in [3.05, 3.63) is 71.6 Å². The van der Waals surface area contributed by atoms with E-state index < -0.39 is 22.7 Å². The van der Waals surface area contributed by atoms with E-state index >= 15 is 0 Å². The third-order valence-electron chi connectivity index (χ3n) is 5.31. The Labute approximate surface area is 216 Å². The van der Waals surface area contributed by atoms with E-state index in [2.05, 4.69) is 32.5 Å². The summed E-state index contributed by atoms with van der Waals surface area (Å²) in [5.41, 5.74) is 3.15. The van der Waals surface area contributed by atoms with Crippen LogP contribution >= 0.6 is 0 Å². The van der Waals surface area contributed by atoms with Crippen LogP contribution in [0.3, 0.4) is 0 Å². The third kappa shape index (κ3) is 7.13. The summed E-state index contributed by atoms with van der Waals surface area (Å²) in [5.74, 6) is 0.0843. The van der Waals surface area contributed by atoms with Crippen molar-refractivity contribution in [3.8, 4) is 5.75 Å². The first-order valence-corrected chi connectivity index (χ1v) is 12.6. The highest BCUT2D eigenvalue weighted by molar-refractivity contribution is 7.85. The Morgan fingerprint density at radius 1 is 1.22 bits per heavy atom. The fourth-order valence-electron chi connectivity index (χ4n) is 3.45. The van der Waals surface area contributed by atoms with Gasteiger partial charge in [0.1, 0.15) is 28.1 Å². The Morgan fingerprint density at radius 3 is 2.57 bits per heavy atom. The van der Waals surface area contributed by atoms with E-state index in [9.17, 15) is 17.4 Å². The van der Waals surface area contributed by atoms with Crippen LogP contribution in [0.4, 0.5) is 42.0 Å². The van der Waals surface area contributed by atoms with Crippen LogP contribution in [0.5, 0.6) is 5.75 Å². The second kappa shape index (κ2) is 11.5. The van der Waals surface area contributed by atoms with Crippen LogP contribution in [-0.2, 0) is 23.7 Å². The van der Waals surface area contributed by atoms with Crippen molar-refractivity contribution in [2.24, 2.45) is 0 Å². The van der Waals surface area contributed by atoms with Crippen molar-refractivity contribution in [1.29, 1.82) is 0 Å². The first-order valence-electron chi connectivity index (χ1n) is 11.1. The molecule has 1 unspecified atom stereocenters. The molecule has 198 valence electrons. The fraction of sp³-hybridized carbons (Fsp3) is 0.280. The maximum Gasteiger partial charge on any atom is 0.421 e. The molecule has 0 bridgehead atoms. The number of ether oxygens (including phenoxy) is 1. The van der Waals surface area contributed by atoms with Gasteiger partial charge in [0.25, 0.3) is 0 Å². The highest BCUT2D eigenvalue weighted by atomic mass is 32.2. The zero-order valence-electron chi connectivity index (χ0n) is 21.2. The van der Waals surface area contributed by atoms with Crippen LogP contribution in [0.1, 0.15) is 23.6 Å². The first kappa shape index (κ1) is 27.8. The molecule has 0 aliphatic rings. The zero-order valence-corrected chi connectivity index (χ0v) is 22.0. The highest BCUT2D eigenvalue weighted by Crippen LogP contribution is 2.35. The Kier molecular flexibility index (Phi) is 8.64. The summed E-state index contributed by atoms with van der Waals surface area (Å²) < 4.78 is 60.1. The van der Waals surface area contributed by atoms with Crippen LogP contribution in [0.25, 0.3) is 0 Å². The minimum absolute atomic E-state index is 0.0196. The minimum Gasteiger partial charge on any atom is -0.494 e. The van der Waals surface area contributed by atoms with E-state index in [0.717, 1.165) is 11.8 Å². The van der Waals surface area contributed by atoms with Crippen LogP contribution in [0.15, 0.2) is 54.9 Å². The SMILES string of the molecule is C=C(C)Nc1ccc(Nc2ncc(C(F)(F)F)c(NCc3ccc(C)cc3N(C)S(C)=O)n2)cc1OC. The zero-order chi connectivity index (χ0) is 27.3. The van der Waals surface area contributed by atoms with Gasteiger partial charge < -0.3 is 20.7 Å². The molecule has 0 radical (unpaired) electrons. The number of halogens is 3. The van der Waals surface area contributed by atoms with Crippen molar-refractivity contribution < 1.29 is 22.1 Å². The molecule has 0 saturated carbocycles. The average molecular weight is 535 g/mol. The molecule has 0 aliphatic heterocycles. The summed E-state index contributed by atoms with van der Waals surface area (Å²) in [4.78, 5) is 7.97. The number of methoxy groups -OCH3 is 1. The van der Waals surface area contributed by atoms with E-state index in [4.69, 9.17) is 4.74 Å². The molecule has 12 heteroatoms. The maximum atomic E-state index is 13.7. The minimum atomic E-state index is -4.67. The molecule has 0 fully saturated rings. The van der Waals surface area contributed by atoms with E-state index in [0.29, 0.717) is 34.1 Å². The molecule has 2 aromatic carbocycles. The predicted octanol–water partition coefficient (Wildman–Crippen LogP) is 5.84. The summed E-state index contributed by atoms with van der Waals surface area (Å²) in [7, 11) is 1.85. The van der Waals surface area contributed by atoms with E-state index in [1.54, 1.807) is 42.5 Å². The summed E-state index contributed by atoms with van der Waals surface area (Å²) in [6, 6.07) is 10.6. The molecule has 1 atom stereocenters. The number of aromatic nitrogens is 2. The van der Waals surface area contributed by atoms with Gasteiger partial charge in [0.05, 0.1) is 18.5 Å². The van der Waals surface area contributed by atoms with Gasteiger partial charge in [0, 0.05) is 43.5 Å². The number of nitrogens with one attached hydrogen (secondary N) is 3. The smallest absolute Gasteiger partial charge is 0.421 e. The highest BCUT2D eigenvalue weighted by Gasteiger charge is 2.35. The Hall–Kier alpha value is -3.80. The van der Waals surface area contributed by atoms with Gasteiger partial charge in [-0.25, -0.2) is 9.19 Å². The number of alkyl halides is 3. The summed E-state index contributed by atoms with van der Waals surface area (Å²) in [5, 5.41) is 8.78. The standard InChI is InChI=1S/C25H29F3N6O2S/c1-15(2)31-20-10-9-18(12-22(20)36-5)32-24-30-14-19(25(26,27)28)23(33-24)29-13-17-8-7-16(3)11-21(17)34(4)37(6)35/h7-12,14,31H,1,13H2,2-6H3,(H2,29,30,32,33). The van der Waals surface area contributed by atoms with Gasteiger partial charge in [-0.05, 0) is 43.2 Å². The lowest BCUT2D eigenvalue weighted by molar-refractivity contribution is -0.137. The van der Waals surface area contributed by atoms with Gasteiger partial charge in [-0.2, -0.15) is 18.2 Å². The second-order valence-electron chi connectivity index (χ2n) is 8.31. The summed E-state index contributed by atoms with van der Waals surface area (Å²) in [6.07, 6.45) is -2.41. The molecule has 3 rings (SSSR count). The molecule has 0 amide bonds. The molecule has 8 nitrogen and oxygen atoms in total. The number of benzene rings is 2. The Bertz CT molecular complexity index is 1320. The summed E-state index contributed by atoms with van der Waals surface area (Å²) >= 11 is 0. The normalized spacial score (nSPS) is 12.0. The monoisotopic (exact) mass is 534 g/mol.